The molecule has 1 aromatic rings. The van der Waals surface area contributed by atoms with Crippen LogP contribution in [-0.2, 0) is 6.42 Å². The Morgan fingerprint density at radius 1 is 1.64 bits per heavy atom. The second-order valence-electron chi connectivity index (χ2n) is 3.09. The van der Waals surface area contributed by atoms with E-state index in [-0.39, 0.29) is 0 Å². The van der Waals surface area contributed by atoms with Crippen LogP contribution in [0.1, 0.15) is 12.0 Å². The van der Waals surface area contributed by atoms with Gasteiger partial charge in [0.05, 0.1) is 12.8 Å². The maximum absolute atomic E-state index is 5.23. The van der Waals surface area contributed by atoms with Gasteiger partial charge in [-0.1, -0.05) is 0 Å². The van der Waals surface area contributed by atoms with E-state index in [1.54, 1.807) is 13.3 Å². The molecule has 0 atom stereocenters. The van der Waals surface area contributed by atoms with Gasteiger partial charge in [0.1, 0.15) is 0 Å². The van der Waals surface area contributed by atoms with Crippen LogP contribution in [-0.4, -0.2) is 17.8 Å². The average Bonchev–Trinajstić information content (AvgIpc) is 2.59. The molecule has 1 aliphatic rings. The Balaban J connectivity index is 2.30. The highest BCUT2D eigenvalue weighted by molar-refractivity contribution is 5.95. The molecule has 0 saturated heterocycles. The van der Waals surface area contributed by atoms with E-state index in [2.05, 4.69) is 15.9 Å². The van der Waals surface area contributed by atoms with Crippen molar-refractivity contribution in [3.63, 3.8) is 0 Å². The van der Waals surface area contributed by atoms with E-state index in [9.17, 15) is 0 Å². The summed E-state index contributed by atoms with van der Waals surface area (Å²) in [7, 11) is 1.59. The van der Waals surface area contributed by atoms with Gasteiger partial charge in [-0.3, -0.25) is 4.99 Å². The summed E-state index contributed by atoms with van der Waals surface area (Å²) in [5.41, 5.74) is 3.08. The van der Waals surface area contributed by atoms with Gasteiger partial charge in [0.25, 0.3) is 0 Å². The van der Waals surface area contributed by atoms with Crippen LogP contribution in [0.15, 0.2) is 17.3 Å². The predicted octanol–water partition coefficient (Wildman–Crippen LogP) is 1.74. The van der Waals surface area contributed by atoms with Crippen molar-refractivity contribution in [2.24, 2.45) is 4.99 Å². The van der Waals surface area contributed by atoms with Crippen molar-refractivity contribution in [1.82, 2.24) is 4.98 Å². The van der Waals surface area contributed by atoms with Gasteiger partial charge >= 0.3 is 0 Å². The molecule has 2 rings (SSSR count). The molecule has 3 heteroatoms. The summed E-state index contributed by atoms with van der Waals surface area (Å²) in [6.45, 7) is 0. The summed E-state index contributed by atoms with van der Waals surface area (Å²) in [4.78, 5) is 8.52. The maximum atomic E-state index is 5.23. The molecule has 1 aromatic heterocycles. The van der Waals surface area contributed by atoms with E-state index in [0.29, 0.717) is 12.3 Å². The summed E-state index contributed by atoms with van der Waals surface area (Å²) in [6, 6.07) is 1.83. The second kappa shape index (κ2) is 3.51. The number of ether oxygens (including phenoxy) is 1. The first-order valence-electron chi connectivity index (χ1n) is 4.36. The molecule has 0 amide bonds. The Labute approximate surface area is 82.8 Å². The molecule has 0 unspecified atom stereocenters. The van der Waals surface area contributed by atoms with Crippen LogP contribution >= 0.6 is 0 Å². The van der Waals surface area contributed by atoms with E-state index in [1.165, 1.54) is 0 Å². The summed E-state index contributed by atoms with van der Waals surface area (Å²) in [5.74, 6) is 3.18. The Morgan fingerprint density at radius 3 is 3.21 bits per heavy atom. The Bertz CT molecular complexity index is 429. The van der Waals surface area contributed by atoms with Crippen molar-refractivity contribution < 1.29 is 4.74 Å². The second-order valence-corrected chi connectivity index (χ2v) is 3.09. The van der Waals surface area contributed by atoms with Gasteiger partial charge < -0.3 is 4.74 Å². The molecule has 14 heavy (non-hydrogen) atoms. The fraction of sp³-hybridized carbons (Fsp3) is 0.273. The summed E-state index contributed by atoms with van der Waals surface area (Å²) in [6.07, 6.45) is 8.45. The van der Waals surface area contributed by atoms with Crippen molar-refractivity contribution in [2.45, 2.75) is 12.8 Å². The monoisotopic (exact) mass is 186 g/mol. The molecule has 70 valence electrons. The third-order valence-corrected chi connectivity index (χ3v) is 2.13. The zero-order valence-corrected chi connectivity index (χ0v) is 7.95. The quantitative estimate of drug-likeness (QED) is 0.659. The number of nitrogens with zero attached hydrogens (tertiary/aromatic N) is 2. The zero-order valence-electron chi connectivity index (χ0n) is 7.95. The van der Waals surface area contributed by atoms with Crippen LogP contribution < -0.4 is 4.74 Å². The standard InChI is InChI=1S/C11H10N2O/c1-3-4-9-5-8-7-12-11(14-2)6-10(8)13-9/h1,6-7H,4-5H2,2H3. The SMILES string of the molecule is C#CCC1=Nc2cc(OC)ncc2C1. The molecule has 0 fully saturated rings. The van der Waals surface area contributed by atoms with Crippen LogP contribution in [0.25, 0.3) is 0 Å². The number of hydrogen-bond donors (Lipinski definition) is 0. The molecule has 0 saturated carbocycles. The van der Waals surface area contributed by atoms with E-state index in [0.717, 1.165) is 23.4 Å². The largest absolute Gasteiger partial charge is 0.481 e. The van der Waals surface area contributed by atoms with E-state index >= 15 is 0 Å². The lowest BCUT2D eigenvalue weighted by Crippen LogP contribution is -1.95. The van der Waals surface area contributed by atoms with E-state index < -0.39 is 0 Å². The predicted molar refractivity (Wildman–Crippen MR) is 55.0 cm³/mol. The van der Waals surface area contributed by atoms with Crippen molar-refractivity contribution >= 4 is 11.4 Å². The number of terminal acetylenes is 1. The van der Waals surface area contributed by atoms with Crippen LogP contribution in [0.4, 0.5) is 5.69 Å². The molecule has 0 aromatic carbocycles. The number of aromatic nitrogens is 1. The topological polar surface area (TPSA) is 34.5 Å². The number of methoxy groups -OCH3 is 1. The van der Waals surface area contributed by atoms with Crippen molar-refractivity contribution in [2.75, 3.05) is 7.11 Å². The molecular weight excluding hydrogens is 176 g/mol. The minimum atomic E-state index is 0.592. The van der Waals surface area contributed by atoms with Gasteiger partial charge in [0.2, 0.25) is 5.88 Å². The highest BCUT2D eigenvalue weighted by Crippen LogP contribution is 2.29. The number of pyridine rings is 1. The maximum Gasteiger partial charge on any atom is 0.215 e. The fourth-order valence-electron chi connectivity index (χ4n) is 1.46. The molecule has 3 nitrogen and oxygen atoms in total. The minimum Gasteiger partial charge on any atom is -0.481 e. The molecule has 2 heterocycles. The molecule has 0 N–H and O–H groups in total. The van der Waals surface area contributed by atoms with Gasteiger partial charge in [-0.05, 0) is 0 Å². The van der Waals surface area contributed by atoms with Crippen molar-refractivity contribution in [3.05, 3.63) is 17.8 Å². The fourth-order valence-corrected chi connectivity index (χ4v) is 1.46. The van der Waals surface area contributed by atoms with E-state index in [4.69, 9.17) is 11.2 Å². The first-order chi connectivity index (χ1) is 6.83. The minimum absolute atomic E-state index is 0.592. The molecule has 0 spiro atoms. The Kier molecular flexibility index (Phi) is 2.19. The van der Waals surface area contributed by atoms with Gasteiger partial charge in [-0.25, -0.2) is 4.98 Å². The number of fused-ring (bicyclic) bond motifs is 1. The third kappa shape index (κ3) is 1.47. The van der Waals surface area contributed by atoms with E-state index in [1.807, 2.05) is 6.07 Å². The molecule has 0 aliphatic carbocycles. The molecule has 0 bridgehead atoms. The van der Waals surface area contributed by atoms with Crippen molar-refractivity contribution in [3.8, 4) is 18.2 Å². The Hall–Kier alpha value is -1.82. The lowest BCUT2D eigenvalue weighted by Gasteiger charge is -1.99. The number of rotatable bonds is 2. The third-order valence-electron chi connectivity index (χ3n) is 2.13. The summed E-state index contributed by atoms with van der Waals surface area (Å²) in [5, 5.41) is 0. The van der Waals surface area contributed by atoms with Crippen LogP contribution in [0.5, 0.6) is 5.88 Å². The Morgan fingerprint density at radius 2 is 2.50 bits per heavy atom. The normalized spacial score (nSPS) is 13.0. The number of hydrogen-bond acceptors (Lipinski definition) is 3. The van der Waals surface area contributed by atoms with Crippen molar-refractivity contribution in [1.29, 1.82) is 0 Å². The summed E-state index contributed by atoms with van der Waals surface area (Å²) < 4.78 is 5.01. The first kappa shape index (κ1) is 8.76. The van der Waals surface area contributed by atoms with Gasteiger partial charge in [-0.2, -0.15) is 0 Å². The zero-order chi connectivity index (χ0) is 9.97. The lowest BCUT2D eigenvalue weighted by molar-refractivity contribution is 0.398. The van der Waals surface area contributed by atoms with Gasteiger partial charge in [0.15, 0.2) is 0 Å². The van der Waals surface area contributed by atoms with Crippen LogP contribution in [0, 0.1) is 12.3 Å². The lowest BCUT2D eigenvalue weighted by atomic mass is 10.1. The average molecular weight is 186 g/mol. The smallest absolute Gasteiger partial charge is 0.215 e. The summed E-state index contributed by atoms with van der Waals surface area (Å²) >= 11 is 0. The van der Waals surface area contributed by atoms with Crippen LogP contribution in [0.2, 0.25) is 0 Å². The first-order valence-corrected chi connectivity index (χ1v) is 4.36. The molecule has 0 radical (unpaired) electrons. The highest BCUT2D eigenvalue weighted by Gasteiger charge is 2.14. The van der Waals surface area contributed by atoms with Gasteiger partial charge in [-0.15, -0.1) is 12.3 Å². The van der Waals surface area contributed by atoms with Crippen LogP contribution in [0.3, 0.4) is 0 Å². The number of aliphatic imine (C=N–C) groups is 1. The highest BCUT2D eigenvalue weighted by atomic mass is 16.5. The molecule has 1 aliphatic heterocycles. The van der Waals surface area contributed by atoms with Gasteiger partial charge in [0, 0.05) is 36.4 Å². The molecular formula is C11H10N2O.